The smallest absolute Gasteiger partial charge is 0.0372 e. The molecule has 1 rings (SSSR count). The van der Waals surface area contributed by atoms with Gasteiger partial charge in [-0.05, 0) is 44.4 Å². The molecule has 1 aromatic rings. The highest BCUT2D eigenvalue weighted by Gasteiger charge is 1.92. The van der Waals surface area contributed by atoms with Crippen LogP contribution in [0.1, 0.15) is 51.8 Å². The number of hydrogen-bond donors (Lipinski definition) is 1. The SMILES string of the molecule is CC.CC.Cc1ccc(CCCCN)cn1. The molecule has 0 aliphatic rings. The van der Waals surface area contributed by atoms with Crippen molar-refractivity contribution in [3.63, 3.8) is 0 Å². The van der Waals surface area contributed by atoms with E-state index in [1.54, 1.807) is 0 Å². The fourth-order valence-corrected chi connectivity index (χ4v) is 1.12. The molecule has 2 nitrogen and oxygen atoms in total. The Kier molecular flexibility index (Phi) is 15.4. The van der Waals surface area contributed by atoms with Crippen molar-refractivity contribution < 1.29 is 0 Å². The average Bonchev–Trinajstić information content (AvgIpc) is 2.37. The van der Waals surface area contributed by atoms with E-state index in [1.807, 2.05) is 40.8 Å². The van der Waals surface area contributed by atoms with Crippen LogP contribution in [0.4, 0.5) is 0 Å². The number of aromatic nitrogens is 1. The molecule has 0 saturated heterocycles. The predicted octanol–water partition coefficient (Wildman–Crippen LogP) is 3.72. The second kappa shape index (κ2) is 14.1. The lowest BCUT2D eigenvalue weighted by Crippen LogP contribution is -1.99. The van der Waals surface area contributed by atoms with Gasteiger partial charge in [0.2, 0.25) is 0 Å². The van der Waals surface area contributed by atoms with Gasteiger partial charge < -0.3 is 5.73 Å². The van der Waals surface area contributed by atoms with Gasteiger partial charge in [-0.2, -0.15) is 0 Å². The second-order valence-corrected chi connectivity index (χ2v) is 3.05. The molecule has 0 spiro atoms. The fourth-order valence-electron chi connectivity index (χ4n) is 1.12. The molecule has 0 aliphatic heterocycles. The number of nitrogens with two attached hydrogens (primary N) is 1. The predicted molar refractivity (Wildman–Crippen MR) is 73.7 cm³/mol. The summed E-state index contributed by atoms with van der Waals surface area (Å²) in [6.45, 7) is 10.8. The third-order valence-electron chi connectivity index (χ3n) is 1.89. The molecule has 0 radical (unpaired) electrons. The molecule has 16 heavy (non-hydrogen) atoms. The number of nitrogens with zero attached hydrogens (tertiary/aromatic N) is 1. The van der Waals surface area contributed by atoms with Crippen LogP contribution in [0, 0.1) is 6.92 Å². The standard InChI is InChI=1S/C10H16N2.2C2H6/c1-9-5-6-10(8-12-9)4-2-3-7-11;2*1-2/h5-6,8H,2-4,7,11H2,1H3;2*1-2H3. The normalized spacial score (nSPS) is 8.38. The Labute approximate surface area is 101 Å². The average molecular weight is 224 g/mol. The summed E-state index contributed by atoms with van der Waals surface area (Å²) in [7, 11) is 0. The first kappa shape index (κ1) is 17.5. The Balaban J connectivity index is 0. The van der Waals surface area contributed by atoms with E-state index < -0.39 is 0 Å². The van der Waals surface area contributed by atoms with Gasteiger partial charge in [-0.15, -0.1) is 0 Å². The maximum Gasteiger partial charge on any atom is 0.0372 e. The zero-order valence-electron chi connectivity index (χ0n) is 11.6. The topological polar surface area (TPSA) is 38.9 Å². The summed E-state index contributed by atoms with van der Waals surface area (Å²) < 4.78 is 0. The molecule has 0 atom stereocenters. The minimum Gasteiger partial charge on any atom is -0.330 e. The third-order valence-corrected chi connectivity index (χ3v) is 1.89. The van der Waals surface area contributed by atoms with Crippen LogP contribution >= 0.6 is 0 Å². The molecule has 94 valence electrons. The molecule has 2 N–H and O–H groups in total. The molecule has 1 aromatic heterocycles. The lowest BCUT2D eigenvalue weighted by atomic mass is 10.1. The Morgan fingerprint density at radius 2 is 1.69 bits per heavy atom. The molecular weight excluding hydrogens is 196 g/mol. The van der Waals surface area contributed by atoms with Gasteiger partial charge in [0.25, 0.3) is 0 Å². The third kappa shape index (κ3) is 9.66. The molecule has 0 aromatic carbocycles. The van der Waals surface area contributed by atoms with Gasteiger partial charge in [0.05, 0.1) is 0 Å². The van der Waals surface area contributed by atoms with E-state index in [0.29, 0.717) is 0 Å². The summed E-state index contributed by atoms with van der Waals surface area (Å²) >= 11 is 0. The lowest BCUT2D eigenvalue weighted by molar-refractivity contribution is 0.742. The summed E-state index contributed by atoms with van der Waals surface area (Å²) in [5, 5.41) is 0. The Bertz CT molecular complexity index is 217. The minimum absolute atomic E-state index is 0.791. The van der Waals surface area contributed by atoms with Crippen LogP contribution < -0.4 is 5.73 Å². The molecule has 0 aliphatic carbocycles. The van der Waals surface area contributed by atoms with Crippen molar-refractivity contribution in [1.82, 2.24) is 4.98 Å². The number of rotatable bonds is 4. The Morgan fingerprint density at radius 1 is 1.06 bits per heavy atom. The van der Waals surface area contributed by atoms with Crippen molar-refractivity contribution in [2.75, 3.05) is 6.54 Å². The Morgan fingerprint density at radius 3 is 2.12 bits per heavy atom. The molecule has 0 unspecified atom stereocenters. The number of pyridine rings is 1. The molecule has 0 fully saturated rings. The van der Waals surface area contributed by atoms with Gasteiger partial charge >= 0.3 is 0 Å². The summed E-state index contributed by atoms with van der Waals surface area (Å²) in [4.78, 5) is 4.23. The maximum absolute atomic E-state index is 5.40. The van der Waals surface area contributed by atoms with Crippen LogP contribution in [0.25, 0.3) is 0 Å². The van der Waals surface area contributed by atoms with E-state index in [4.69, 9.17) is 5.73 Å². The zero-order chi connectivity index (χ0) is 12.8. The van der Waals surface area contributed by atoms with E-state index >= 15 is 0 Å². The fraction of sp³-hybridized carbons (Fsp3) is 0.643. The first-order valence-corrected chi connectivity index (χ1v) is 6.44. The van der Waals surface area contributed by atoms with Crippen LogP contribution in [-0.2, 0) is 6.42 Å². The van der Waals surface area contributed by atoms with Crippen molar-refractivity contribution in [1.29, 1.82) is 0 Å². The lowest BCUT2D eigenvalue weighted by Gasteiger charge is -1.99. The van der Waals surface area contributed by atoms with E-state index in [0.717, 1.165) is 25.1 Å². The first-order chi connectivity index (χ1) is 7.83. The van der Waals surface area contributed by atoms with Crippen LogP contribution in [0.5, 0.6) is 0 Å². The van der Waals surface area contributed by atoms with Crippen LogP contribution in [0.3, 0.4) is 0 Å². The van der Waals surface area contributed by atoms with Crippen LogP contribution in [-0.4, -0.2) is 11.5 Å². The van der Waals surface area contributed by atoms with Crippen molar-refractivity contribution in [2.45, 2.75) is 53.9 Å². The quantitative estimate of drug-likeness (QED) is 0.792. The highest BCUT2D eigenvalue weighted by Crippen LogP contribution is 2.03. The van der Waals surface area contributed by atoms with Gasteiger partial charge in [-0.3, -0.25) is 4.98 Å². The van der Waals surface area contributed by atoms with Crippen LogP contribution in [0.2, 0.25) is 0 Å². The van der Waals surface area contributed by atoms with Gasteiger partial charge in [-0.1, -0.05) is 33.8 Å². The highest BCUT2D eigenvalue weighted by atomic mass is 14.7. The summed E-state index contributed by atoms with van der Waals surface area (Å²) in [5.41, 5.74) is 7.80. The summed E-state index contributed by atoms with van der Waals surface area (Å²) in [5.74, 6) is 0. The van der Waals surface area contributed by atoms with Crippen LogP contribution in [0.15, 0.2) is 18.3 Å². The largest absolute Gasteiger partial charge is 0.330 e. The van der Waals surface area contributed by atoms with E-state index in [1.165, 1.54) is 12.0 Å². The molecule has 0 bridgehead atoms. The van der Waals surface area contributed by atoms with Crippen molar-refractivity contribution >= 4 is 0 Å². The van der Waals surface area contributed by atoms with Gasteiger partial charge in [0.1, 0.15) is 0 Å². The molecular formula is C14H28N2. The highest BCUT2D eigenvalue weighted by molar-refractivity contribution is 5.12. The molecule has 2 heteroatoms. The van der Waals surface area contributed by atoms with E-state index in [9.17, 15) is 0 Å². The van der Waals surface area contributed by atoms with Gasteiger partial charge in [0, 0.05) is 11.9 Å². The molecule has 1 heterocycles. The number of hydrogen-bond acceptors (Lipinski definition) is 2. The van der Waals surface area contributed by atoms with E-state index in [-0.39, 0.29) is 0 Å². The molecule has 0 saturated carbocycles. The summed E-state index contributed by atoms with van der Waals surface area (Å²) in [6, 6.07) is 4.19. The molecule has 0 amide bonds. The second-order valence-electron chi connectivity index (χ2n) is 3.05. The first-order valence-electron chi connectivity index (χ1n) is 6.44. The monoisotopic (exact) mass is 224 g/mol. The summed E-state index contributed by atoms with van der Waals surface area (Å²) in [6.07, 6.45) is 5.32. The van der Waals surface area contributed by atoms with Crippen molar-refractivity contribution in [2.24, 2.45) is 5.73 Å². The number of unbranched alkanes of at least 4 members (excludes halogenated alkanes) is 1. The minimum atomic E-state index is 0.791. The van der Waals surface area contributed by atoms with Crippen molar-refractivity contribution in [3.8, 4) is 0 Å². The van der Waals surface area contributed by atoms with Gasteiger partial charge in [0.15, 0.2) is 0 Å². The zero-order valence-corrected chi connectivity index (χ0v) is 11.6. The van der Waals surface area contributed by atoms with Crippen molar-refractivity contribution in [3.05, 3.63) is 29.6 Å². The van der Waals surface area contributed by atoms with Gasteiger partial charge in [-0.25, -0.2) is 0 Å². The number of aryl methyl sites for hydroxylation is 2. The maximum atomic E-state index is 5.40. The Hall–Kier alpha value is -0.890. The van der Waals surface area contributed by atoms with E-state index in [2.05, 4.69) is 17.1 Å².